The summed E-state index contributed by atoms with van der Waals surface area (Å²) in [6, 6.07) is 0. The molecule has 6 atom stereocenters. The molecule has 0 saturated carbocycles. The molecular weight excluding hydrogens is 366 g/mol. The van der Waals surface area contributed by atoms with E-state index in [0.29, 0.717) is 0 Å². The third-order valence-electron chi connectivity index (χ3n) is 3.13. The molecule has 2 unspecified atom stereocenters. The number of alkyl halides is 3. The molecule has 2 saturated heterocycles. The summed E-state index contributed by atoms with van der Waals surface area (Å²) in [5.74, 6) is -2.24. The van der Waals surface area contributed by atoms with E-state index in [1.165, 1.54) is 19.1 Å². The van der Waals surface area contributed by atoms with Crippen molar-refractivity contribution < 1.29 is 38.6 Å². The monoisotopic (exact) mass is 376 g/mol. The van der Waals surface area contributed by atoms with Gasteiger partial charge in [0.05, 0.1) is 0 Å². The van der Waals surface area contributed by atoms with Gasteiger partial charge in [-0.2, -0.15) is 9.78 Å². The predicted octanol–water partition coefficient (Wildman–Crippen LogP) is 0.919. The number of hydrogen-bond acceptors (Lipinski definition) is 8. The van der Waals surface area contributed by atoms with E-state index in [0.717, 1.165) is 0 Å². The predicted molar refractivity (Wildman–Crippen MR) is 70.5 cm³/mol. The Labute approximate surface area is 139 Å². The zero-order valence-corrected chi connectivity index (χ0v) is 13.2. The van der Waals surface area contributed by atoms with Gasteiger partial charge < -0.3 is 24.1 Å². The van der Waals surface area contributed by atoms with Crippen molar-refractivity contribution in [2.24, 2.45) is 0 Å². The molecule has 0 radical (unpaired) electrons. The van der Waals surface area contributed by atoms with Gasteiger partial charge in [0.25, 0.3) is 5.79 Å². The second-order valence-corrected chi connectivity index (χ2v) is 7.15. The Morgan fingerprint density at radius 1 is 1.36 bits per heavy atom. The third kappa shape index (κ3) is 2.95. The van der Waals surface area contributed by atoms with Gasteiger partial charge in [0, 0.05) is 6.92 Å². The van der Waals surface area contributed by atoms with Crippen LogP contribution in [0.5, 0.6) is 0 Å². The molecule has 0 aromatic heterocycles. The van der Waals surface area contributed by atoms with Gasteiger partial charge in [0.15, 0.2) is 18.5 Å². The highest BCUT2D eigenvalue weighted by Crippen LogP contribution is 2.47. The Morgan fingerprint density at radius 2 is 2.09 bits per heavy atom. The van der Waals surface area contributed by atoms with Crippen LogP contribution in [0.3, 0.4) is 0 Å². The van der Waals surface area contributed by atoms with E-state index in [9.17, 15) is 9.90 Å². The lowest BCUT2D eigenvalue weighted by Gasteiger charge is -2.34. The Balaban J connectivity index is 1.85. The van der Waals surface area contributed by atoms with E-state index in [4.69, 9.17) is 58.6 Å². The van der Waals surface area contributed by atoms with Gasteiger partial charge in [0.1, 0.15) is 0 Å². The molecule has 3 aliphatic heterocycles. The molecular formula is C11H11Cl3O8. The topological polar surface area (TPSA) is 92.7 Å². The molecule has 11 heteroatoms. The highest BCUT2D eigenvalue weighted by atomic mass is 35.6. The molecule has 1 spiro atoms. The summed E-state index contributed by atoms with van der Waals surface area (Å²) in [6.45, 7) is 1.20. The van der Waals surface area contributed by atoms with Crippen LogP contribution in [0.1, 0.15) is 6.92 Å². The van der Waals surface area contributed by atoms with E-state index in [1.807, 2.05) is 0 Å². The van der Waals surface area contributed by atoms with Gasteiger partial charge in [-0.15, -0.1) is 0 Å². The number of carbonyl (C=O) groups excluding carboxylic acids is 1. The second kappa shape index (κ2) is 5.73. The minimum atomic E-state index is -1.85. The van der Waals surface area contributed by atoms with Gasteiger partial charge in [-0.25, -0.2) is 0 Å². The van der Waals surface area contributed by atoms with E-state index < -0.39 is 46.6 Å². The van der Waals surface area contributed by atoms with Crippen molar-refractivity contribution in [2.75, 3.05) is 0 Å². The Morgan fingerprint density at radius 3 is 2.64 bits per heavy atom. The van der Waals surface area contributed by atoms with E-state index in [-0.39, 0.29) is 0 Å². The average Bonchev–Trinajstić information content (AvgIpc) is 2.91. The van der Waals surface area contributed by atoms with Crippen LogP contribution in [-0.4, -0.2) is 51.7 Å². The number of esters is 1. The Bertz CT molecular complexity index is 494. The molecule has 3 heterocycles. The summed E-state index contributed by atoms with van der Waals surface area (Å²) < 4.78 is 19.7. The number of halogens is 3. The maximum absolute atomic E-state index is 11.3. The minimum absolute atomic E-state index is 0.613. The minimum Gasteiger partial charge on any atom is -0.453 e. The van der Waals surface area contributed by atoms with Crippen molar-refractivity contribution in [1.82, 2.24) is 0 Å². The highest BCUT2D eigenvalue weighted by Gasteiger charge is 2.66. The molecule has 0 amide bonds. The number of ether oxygens (including phenoxy) is 4. The van der Waals surface area contributed by atoms with Gasteiger partial charge in [-0.1, -0.05) is 34.8 Å². The van der Waals surface area contributed by atoms with Crippen LogP contribution in [-0.2, 0) is 33.5 Å². The van der Waals surface area contributed by atoms with Gasteiger partial charge in [0.2, 0.25) is 16.4 Å². The van der Waals surface area contributed by atoms with Gasteiger partial charge >= 0.3 is 5.97 Å². The van der Waals surface area contributed by atoms with E-state index in [2.05, 4.69) is 4.89 Å². The summed E-state index contributed by atoms with van der Waals surface area (Å²) in [4.78, 5) is 21.0. The fourth-order valence-electron chi connectivity index (χ4n) is 2.31. The number of carbonyl (C=O) groups is 1. The van der Waals surface area contributed by atoms with Crippen LogP contribution in [0.15, 0.2) is 12.2 Å². The summed E-state index contributed by atoms with van der Waals surface area (Å²) >= 11 is 17.1. The summed E-state index contributed by atoms with van der Waals surface area (Å²) in [6.07, 6.45) is -2.90. The van der Waals surface area contributed by atoms with Crippen LogP contribution in [0.4, 0.5) is 0 Å². The van der Waals surface area contributed by atoms with Crippen LogP contribution >= 0.6 is 34.8 Å². The first kappa shape index (κ1) is 16.7. The molecule has 0 aliphatic carbocycles. The molecule has 0 aromatic carbocycles. The largest absolute Gasteiger partial charge is 0.453 e. The molecule has 1 N–H and O–H groups in total. The number of aliphatic hydroxyl groups excluding tert-OH is 1. The molecule has 0 bridgehead atoms. The van der Waals surface area contributed by atoms with Crippen molar-refractivity contribution in [2.45, 2.75) is 47.6 Å². The number of hydrogen-bond donors (Lipinski definition) is 1. The maximum atomic E-state index is 11.3. The fourth-order valence-corrected chi connectivity index (χ4v) is 2.62. The fraction of sp³-hybridized carbons (Fsp3) is 0.727. The van der Waals surface area contributed by atoms with E-state index >= 15 is 0 Å². The van der Waals surface area contributed by atoms with Crippen molar-refractivity contribution in [3.8, 4) is 0 Å². The normalized spacial score (nSPS) is 44.3. The first-order chi connectivity index (χ1) is 10.2. The van der Waals surface area contributed by atoms with Crippen molar-refractivity contribution in [3.05, 3.63) is 12.2 Å². The van der Waals surface area contributed by atoms with Crippen molar-refractivity contribution >= 4 is 40.8 Å². The number of rotatable bonds is 1. The van der Waals surface area contributed by atoms with Gasteiger partial charge in [-0.3, -0.25) is 4.79 Å². The molecule has 3 rings (SSSR count). The number of fused-ring (bicyclic) bond motifs is 1. The molecule has 2 fully saturated rings. The summed E-state index contributed by atoms with van der Waals surface area (Å²) in [5.41, 5.74) is 0. The quantitative estimate of drug-likeness (QED) is 0.312. The standard InChI is InChI=1S/C11H11Cl3O8/c1-4(15)17-7-6-8(19-9(18-6)11(12,13)14)20-10(7)3-2-5(16)21-22-10/h2-3,5-9,16H,1H3/t5?,6-,7-,8+,9?,10+/m1/s1. The van der Waals surface area contributed by atoms with Crippen LogP contribution in [0, 0.1) is 0 Å². The second-order valence-electron chi connectivity index (χ2n) is 4.78. The molecule has 0 aromatic rings. The number of aliphatic hydroxyl groups is 1. The first-order valence-corrected chi connectivity index (χ1v) is 7.29. The van der Waals surface area contributed by atoms with Crippen LogP contribution < -0.4 is 0 Å². The summed E-state index contributed by atoms with van der Waals surface area (Å²) in [7, 11) is 0. The SMILES string of the molecule is CC(=O)O[C@@H]1[C@H]2OC(C(Cl)(Cl)Cl)O[C@H]2O[C@]12C=CC(O)OO2. The van der Waals surface area contributed by atoms with Crippen molar-refractivity contribution in [1.29, 1.82) is 0 Å². The lowest BCUT2D eigenvalue weighted by Crippen LogP contribution is -2.50. The summed E-state index contributed by atoms with van der Waals surface area (Å²) in [5, 5.41) is 9.26. The highest BCUT2D eigenvalue weighted by molar-refractivity contribution is 6.67. The van der Waals surface area contributed by atoms with Crippen LogP contribution in [0.2, 0.25) is 0 Å². The Kier molecular flexibility index (Phi) is 4.35. The van der Waals surface area contributed by atoms with Crippen molar-refractivity contribution in [3.63, 3.8) is 0 Å². The zero-order chi connectivity index (χ0) is 16.1. The molecule has 3 aliphatic rings. The van der Waals surface area contributed by atoms with Gasteiger partial charge in [-0.05, 0) is 12.2 Å². The third-order valence-corrected chi connectivity index (χ3v) is 3.67. The molecule has 22 heavy (non-hydrogen) atoms. The maximum Gasteiger partial charge on any atom is 0.303 e. The Hall–Kier alpha value is -0.160. The lowest BCUT2D eigenvalue weighted by atomic mass is 10.1. The van der Waals surface area contributed by atoms with Crippen LogP contribution in [0.25, 0.3) is 0 Å². The molecule has 8 nitrogen and oxygen atoms in total. The first-order valence-electron chi connectivity index (χ1n) is 6.16. The average molecular weight is 378 g/mol. The molecule has 124 valence electrons. The lowest BCUT2D eigenvalue weighted by molar-refractivity contribution is -0.468. The van der Waals surface area contributed by atoms with E-state index in [1.54, 1.807) is 0 Å². The zero-order valence-electron chi connectivity index (χ0n) is 11.0. The smallest absolute Gasteiger partial charge is 0.303 e.